The van der Waals surface area contributed by atoms with Gasteiger partial charge < -0.3 is 5.32 Å². The van der Waals surface area contributed by atoms with Gasteiger partial charge in [0.25, 0.3) is 0 Å². The lowest BCUT2D eigenvalue weighted by atomic mass is 9.99. The third-order valence-corrected chi connectivity index (χ3v) is 3.55. The lowest BCUT2D eigenvalue weighted by Gasteiger charge is -2.13. The average molecular weight is 255 g/mol. The van der Waals surface area contributed by atoms with Crippen LogP contribution in [0.3, 0.4) is 0 Å². The Labute approximate surface area is 114 Å². The molecule has 0 fully saturated rings. The van der Waals surface area contributed by atoms with Crippen molar-refractivity contribution < 1.29 is 4.79 Å². The number of aryl methyl sites for hydroxylation is 2. The highest BCUT2D eigenvalue weighted by Gasteiger charge is 2.09. The number of nitrogens with one attached hydrogen (secondary N) is 1. The van der Waals surface area contributed by atoms with Crippen LogP contribution in [0.25, 0.3) is 10.8 Å². The summed E-state index contributed by atoms with van der Waals surface area (Å²) in [5, 5.41) is 5.51. The number of fused-ring (bicyclic) bond motifs is 1. The molecule has 2 rings (SSSR count). The number of unbranched alkanes of at least 4 members (excludes halogenated alkanes) is 1. The standard InChI is InChI=1S/C17H21NO/c1-4-5-10-17(19)18-16-11-12(2)14-8-6-7-9-15(14)13(16)3/h6-9,11H,4-5,10H2,1-3H3,(H,18,19). The van der Waals surface area contributed by atoms with E-state index in [0.29, 0.717) is 6.42 Å². The molecule has 2 nitrogen and oxygen atoms in total. The van der Waals surface area contributed by atoms with Crippen LogP contribution in [0, 0.1) is 13.8 Å². The zero-order valence-corrected chi connectivity index (χ0v) is 11.9. The molecular formula is C17H21NO. The number of hydrogen-bond donors (Lipinski definition) is 1. The fourth-order valence-corrected chi connectivity index (χ4v) is 2.38. The summed E-state index contributed by atoms with van der Waals surface area (Å²) < 4.78 is 0. The molecule has 0 aliphatic rings. The predicted octanol–water partition coefficient (Wildman–Crippen LogP) is 4.59. The van der Waals surface area contributed by atoms with Crippen LogP contribution in [-0.2, 0) is 4.79 Å². The monoisotopic (exact) mass is 255 g/mol. The van der Waals surface area contributed by atoms with Crippen LogP contribution in [0.2, 0.25) is 0 Å². The van der Waals surface area contributed by atoms with E-state index in [1.807, 2.05) is 12.1 Å². The molecule has 0 radical (unpaired) electrons. The number of benzene rings is 2. The van der Waals surface area contributed by atoms with Gasteiger partial charge in [-0.2, -0.15) is 0 Å². The van der Waals surface area contributed by atoms with Crippen molar-refractivity contribution in [3.05, 3.63) is 41.5 Å². The fraction of sp³-hybridized carbons (Fsp3) is 0.353. The van der Waals surface area contributed by atoms with E-state index in [0.717, 1.165) is 24.1 Å². The molecule has 2 heteroatoms. The smallest absolute Gasteiger partial charge is 0.224 e. The van der Waals surface area contributed by atoms with E-state index in [-0.39, 0.29) is 5.91 Å². The van der Waals surface area contributed by atoms with E-state index in [4.69, 9.17) is 0 Å². The molecule has 0 bridgehead atoms. The molecular weight excluding hydrogens is 234 g/mol. The van der Waals surface area contributed by atoms with Crippen LogP contribution in [0.15, 0.2) is 30.3 Å². The summed E-state index contributed by atoms with van der Waals surface area (Å²) in [4.78, 5) is 11.9. The molecule has 0 aliphatic carbocycles. The van der Waals surface area contributed by atoms with Crippen molar-refractivity contribution in [1.29, 1.82) is 0 Å². The normalized spacial score (nSPS) is 10.7. The van der Waals surface area contributed by atoms with Gasteiger partial charge in [0.1, 0.15) is 0 Å². The average Bonchev–Trinajstić information content (AvgIpc) is 2.42. The van der Waals surface area contributed by atoms with Crippen molar-refractivity contribution in [2.75, 3.05) is 5.32 Å². The molecule has 0 saturated heterocycles. The van der Waals surface area contributed by atoms with Crippen molar-refractivity contribution in [2.45, 2.75) is 40.0 Å². The minimum Gasteiger partial charge on any atom is -0.326 e. The second-order valence-electron chi connectivity index (χ2n) is 5.06. The van der Waals surface area contributed by atoms with Gasteiger partial charge in [0.15, 0.2) is 0 Å². The van der Waals surface area contributed by atoms with Gasteiger partial charge >= 0.3 is 0 Å². The lowest BCUT2D eigenvalue weighted by molar-refractivity contribution is -0.116. The van der Waals surface area contributed by atoms with Gasteiger partial charge in [-0.3, -0.25) is 4.79 Å². The summed E-state index contributed by atoms with van der Waals surface area (Å²) in [5.74, 6) is 0.111. The molecule has 100 valence electrons. The fourth-order valence-electron chi connectivity index (χ4n) is 2.38. The number of anilines is 1. The second-order valence-corrected chi connectivity index (χ2v) is 5.06. The van der Waals surface area contributed by atoms with Gasteiger partial charge in [-0.05, 0) is 48.2 Å². The zero-order chi connectivity index (χ0) is 13.8. The van der Waals surface area contributed by atoms with Crippen molar-refractivity contribution in [3.63, 3.8) is 0 Å². The molecule has 1 amide bonds. The van der Waals surface area contributed by atoms with E-state index in [1.54, 1.807) is 0 Å². The first kappa shape index (κ1) is 13.6. The van der Waals surface area contributed by atoms with Gasteiger partial charge in [0, 0.05) is 12.1 Å². The summed E-state index contributed by atoms with van der Waals surface area (Å²) in [6, 6.07) is 10.4. The molecule has 1 N–H and O–H groups in total. The first-order valence-corrected chi connectivity index (χ1v) is 6.92. The molecule has 0 atom stereocenters. The number of carbonyl (C=O) groups is 1. The van der Waals surface area contributed by atoms with Crippen molar-refractivity contribution in [2.24, 2.45) is 0 Å². The summed E-state index contributed by atoms with van der Waals surface area (Å²) in [6.45, 7) is 6.25. The number of carbonyl (C=O) groups excluding carboxylic acids is 1. The summed E-state index contributed by atoms with van der Waals surface area (Å²) >= 11 is 0. The highest BCUT2D eigenvalue weighted by Crippen LogP contribution is 2.28. The van der Waals surface area contributed by atoms with Crippen LogP contribution in [-0.4, -0.2) is 5.91 Å². The highest BCUT2D eigenvalue weighted by atomic mass is 16.1. The van der Waals surface area contributed by atoms with E-state index >= 15 is 0 Å². The molecule has 0 saturated carbocycles. The molecule has 0 unspecified atom stereocenters. The zero-order valence-electron chi connectivity index (χ0n) is 11.9. The largest absolute Gasteiger partial charge is 0.326 e. The molecule has 2 aromatic carbocycles. The molecule has 0 aliphatic heterocycles. The van der Waals surface area contributed by atoms with Crippen LogP contribution in [0.4, 0.5) is 5.69 Å². The molecule has 0 heterocycles. The lowest BCUT2D eigenvalue weighted by Crippen LogP contribution is -2.12. The second kappa shape index (κ2) is 5.87. The Bertz CT molecular complexity index is 601. The minimum atomic E-state index is 0.111. The Morgan fingerprint density at radius 1 is 1.16 bits per heavy atom. The van der Waals surface area contributed by atoms with Gasteiger partial charge in [0.05, 0.1) is 0 Å². The highest BCUT2D eigenvalue weighted by molar-refractivity contribution is 5.98. The van der Waals surface area contributed by atoms with Gasteiger partial charge in [0.2, 0.25) is 5.91 Å². The quantitative estimate of drug-likeness (QED) is 0.851. The van der Waals surface area contributed by atoms with Crippen molar-refractivity contribution >= 4 is 22.4 Å². The van der Waals surface area contributed by atoms with Crippen molar-refractivity contribution in [3.8, 4) is 0 Å². The maximum Gasteiger partial charge on any atom is 0.224 e. The molecule has 0 aromatic heterocycles. The maximum absolute atomic E-state index is 11.9. The molecule has 19 heavy (non-hydrogen) atoms. The topological polar surface area (TPSA) is 29.1 Å². The first-order chi connectivity index (χ1) is 9.13. The SMILES string of the molecule is CCCCC(=O)Nc1cc(C)c2ccccc2c1C. The molecule has 2 aromatic rings. The Balaban J connectivity index is 2.34. The Morgan fingerprint density at radius 3 is 2.53 bits per heavy atom. The first-order valence-electron chi connectivity index (χ1n) is 6.92. The van der Waals surface area contributed by atoms with Crippen molar-refractivity contribution in [1.82, 2.24) is 0 Å². The van der Waals surface area contributed by atoms with Gasteiger partial charge in [-0.25, -0.2) is 0 Å². The van der Waals surface area contributed by atoms with Crippen LogP contribution in [0.5, 0.6) is 0 Å². The van der Waals surface area contributed by atoms with E-state index in [2.05, 4.69) is 44.3 Å². The maximum atomic E-state index is 11.9. The Morgan fingerprint density at radius 2 is 1.84 bits per heavy atom. The van der Waals surface area contributed by atoms with Crippen LogP contribution in [0.1, 0.15) is 37.3 Å². The number of amides is 1. The Hall–Kier alpha value is -1.83. The summed E-state index contributed by atoms with van der Waals surface area (Å²) in [7, 11) is 0. The van der Waals surface area contributed by atoms with E-state index in [9.17, 15) is 4.79 Å². The number of hydrogen-bond acceptors (Lipinski definition) is 1. The number of rotatable bonds is 4. The summed E-state index contributed by atoms with van der Waals surface area (Å²) in [6.07, 6.45) is 2.59. The van der Waals surface area contributed by atoms with E-state index < -0.39 is 0 Å². The minimum absolute atomic E-state index is 0.111. The van der Waals surface area contributed by atoms with Crippen LogP contribution >= 0.6 is 0 Å². The Kier molecular flexibility index (Phi) is 4.20. The van der Waals surface area contributed by atoms with Crippen LogP contribution < -0.4 is 5.32 Å². The van der Waals surface area contributed by atoms with E-state index in [1.165, 1.54) is 16.3 Å². The third-order valence-electron chi connectivity index (χ3n) is 3.55. The van der Waals surface area contributed by atoms with Gasteiger partial charge in [-0.1, -0.05) is 37.6 Å². The third kappa shape index (κ3) is 2.95. The summed E-state index contributed by atoms with van der Waals surface area (Å²) in [5.41, 5.74) is 3.29. The van der Waals surface area contributed by atoms with Gasteiger partial charge in [-0.15, -0.1) is 0 Å². The predicted molar refractivity (Wildman–Crippen MR) is 81.6 cm³/mol. The molecule has 0 spiro atoms.